The van der Waals surface area contributed by atoms with Crippen molar-refractivity contribution in [2.75, 3.05) is 19.6 Å². The zero-order chi connectivity index (χ0) is 17.3. The van der Waals surface area contributed by atoms with Crippen LogP contribution >= 0.6 is 23.2 Å². The number of nitrogens with zero attached hydrogens (tertiary/aromatic N) is 2. The summed E-state index contributed by atoms with van der Waals surface area (Å²) in [6.45, 7) is 7.30. The normalized spacial score (nSPS) is 13.2. The molecule has 0 aliphatic heterocycles. The van der Waals surface area contributed by atoms with E-state index in [-0.39, 0.29) is 0 Å². The van der Waals surface area contributed by atoms with Gasteiger partial charge >= 0.3 is 0 Å². The second kappa shape index (κ2) is 7.32. The largest absolute Gasteiger partial charge is 0.390 e. The Morgan fingerprint density at radius 2 is 1.46 bits per heavy atom. The summed E-state index contributed by atoms with van der Waals surface area (Å²) >= 11 is 12.4. The van der Waals surface area contributed by atoms with Crippen LogP contribution in [0.5, 0.6) is 0 Å². The highest BCUT2D eigenvalue weighted by Gasteiger charge is 2.16. The van der Waals surface area contributed by atoms with Crippen LogP contribution in [0.4, 0.5) is 0 Å². The first-order valence-corrected chi connectivity index (χ1v) is 9.06. The molecule has 0 amide bonds. The van der Waals surface area contributed by atoms with E-state index in [1.54, 1.807) is 0 Å². The summed E-state index contributed by atoms with van der Waals surface area (Å²) in [4.78, 5) is 2.23. The number of hydrogen-bond acceptors (Lipinski definition) is 2. The number of aliphatic hydroxyl groups excluding tert-OH is 1. The lowest BCUT2D eigenvalue weighted by Gasteiger charge is -2.22. The van der Waals surface area contributed by atoms with E-state index in [9.17, 15) is 5.11 Å². The molecule has 0 aliphatic rings. The molecule has 3 nitrogen and oxygen atoms in total. The number of benzene rings is 2. The summed E-state index contributed by atoms with van der Waals surface area (Å²) in [7, 11) is 0. The van der Waals surface area contributed by atoms with Gasteiger partial charge in [-0.25, -0.2) is 0 Å². The van der Waals surface area contributed by atoms with Crippen LogP contribution in [0.2, 0.25) is 10.0 Å². The number of halogens is 2. The van der Waals surface area contributed by atoms with Gasteiger partial charge in [-0.05, 0) is 49.5 Å². The highest BCUT2D eigenvalue weighted by molar-refractivity contribution is 6.33. The lowest BCUT2D eigenvalue weighted by Crippen LogP contribution is -2.34. The van der Waals surface area contributed by atoms with Gasteiger partial charge in [0.25, 0.3) is 0 Å². The van der Waals surface area contributed by atoms with Crippen LogP contribution in [-0.4, -0.2) is 40.3 Å². The first-order chi connectivity index (χ1) is 11.5. The van der Waals surface area contributed by atoms with E-state index >= 15 is 0 Å². The summed E-state index contributed by atoms with van der Waals surface area (Å²) in [5.41, 5.74) is 2.13. The van der Waals surface area contributed by atoms with E-state index in [2.05, 4.69) is 23.3 Å². The standard InChI is InChI=1S/C19H22Cl2N2O/c1-3-22(4-2)11-15(24)12-23-18-7-5-13(20)9-16(18)17-10-14(21)6-8-19(17)23/h5-10,15,24H,3-4,11-12H2,1-2H3/t15-/m1/s1. The molecule has 0 radical (unpaired) electrons. The summed E-state index contributed by atoms with van der Waals surface area (Å²) in [6.07, 6.45) is -0.435. The Morgan fingerprint density at radius 3 is 1.92 bits per heavy atom. The van der Waals surface area contributed by atoms with Crippen LogP contribution in [0, 0.1) is 0 Å². The molecule has 0 saturated carbocycles. The fourth-order valence-electron chi connectivity index (χ4n) is 3.29. The fraction of sp³-hybridized carbons (Fsp3) is 0.368. The molecule has 0 saturated heterocycles. The lowest BCUT2D eigenvalue weighted by atomic mass is 10.1. The third kappa shape index (κ3) is 3.40. The van der Waals surface area contributed by atoms with E-state index in [1.165, 1.54) is 0 Å². The molecule has 1 heterocycles. The van der Waals surface area contributed by atoms with Gasteiger partial charge in [-0.3, -0.25) is 0 Å². The molecular formula is C19H22Cl2N2O. The molecule has 1 aromatic heterocycles. The van der Waals surface area contributed by atoms with Crippen molar-refractivity contribution < 1.29 is 5.11 Å². The van der Waals surface area contributed by atoms with Gasteiger partial charge in [0.1, 0.15) is 0 Å². The Kier molecular flexibility index (Phi) is 5.36. The second-order valence-corrected chi connectivity index (χ2v) is 6.95. The van der Waals surface area contributed by atoms with Gasteiger partial charge in [0.2, 0.25) is 0 Å². The van der Waals surface area contributed by atoms with Crippen molar-refractivity contribution in [3.63, 3.8) is 0 Å². The number of hydrogen-bond donors (Lipinski definition) is 1. The van der Waals surface area contributed by atoms with Gasteiger partial charge in [0, 0.05) is 38.4 Å². The molecule has 0 bridgehead atoms. The molecule has 24 heavy (non-hydrogen) atoms. The Balaban J connectivity index is 2.05. The zero-order valence-electron chi connectivity index (χ0n) is 14.0. The molecule has 2 aromatic carbocycles. The van der Waals surface area contributed by atoms with Gasteiger partial charge in [-0.15, -0.1) is 0 Å². The Morgan fingerprint density at radius 1 is 0.958 bits per heavy atom. The van der Waals surface area contributed by atoms with Crippen molar-refractivity contribution in [1.29, 1.82) is 0 Å². The van der Waals surface area contributed by atoms with Crippen molar-refractivity contribution in [2.45, 2.75) is 26.5 Å². The van der Waals surface area contributed by atoms with E-state index in [0.29, 0.717) is 23.1 Å². The van der Waals surface area contributed by atoms with Crippen LogP contribution in [0.1, 0.15) is 13.8 Å². The third-order valence-electron chi connectivity index (χ3n) is 4.55. The number of likely N-dealkylation sites (N-methyl/N-ethyl adjacent to an activating group) is 1. The van der Waals surface area contributed by atoms with Gasteiger partial charge < -0.3 is 14.6 Å². The summed E-state index contributed by atoms with van der Waals surface area (Å²) in [5, 5.41) is 14.1. The van der Waals surface area contributed by atoms with E-state index in [0.717, 1.165) is 34.9 Å². The summed E-state index contributed by atoms with van der Waals surface area (Å²) in [5.74, 6) is 0. The zero-order valence-corrected chi connectivity index (χ0v) is 15.5. The van der Waals surface area contributed by atoms with Crippen molar-refractivity contribution >= 4 is 45.0 Å². The minimum Gasteiger partial charge on any atom is -0.390 e. The number of aliphatic hydroxyl groups is 1. The maximum Gasteiger partial charge on any atom is 0.0845 e. The average Bonchev–Trinajstić information content (AvgIpc) is 2.85. The molecule has 3 rings (SSSR count). The Bertz CT molecular complexity index is 796. The highest BCUT2D eigenvalue weighted by Crippen LogP contribution is 2.33. The van der Waals surface area contributed by atoms with Gasteiger partial charge in [0.05, 0.1) is 12.6 Å². The molecule has 3 aromatic rings. The maximum absolute atomic E-state index is 10.6. The van der Waals surface area contributed by atoms with Crippen LogP contribution in [0.3, 0.4) is 0 Å². The molecule has 5 heteroatoms. The maximum atomic E-state index is 10.6. The minimum atomic E-state index is -0.435. The monoisotopic (exact) mass is 364 g/mol. The lowest BCUT2D eigenvalue weighted by molar-refractivity contribution is 0.105. The SMILES string of the molecule is CCN(CC)C[C@@H](O)Cn1c2ccc(Cl)cc2c2cc(Cl)ccc21. The molecular weight excluding hydrogens is 343 g/mol. The number of fused-ring (bicyclic) bond motifs is 3. The molecule has 0 spiro atoms. The van der Waals surface area contributed by atoms with Crippen LogP contribution < -0.4 is 0 Å². The van der Waals surface area contributed by atoms with Gasteiger partial charge in [0.15, 0.2) is 0 Å². The van der Waals surface area contributed by atoms with Crippen molar-refractivity contribution in [3.05, 3.63) is 46.4 Å². The summed E-state index contributed by atoms with van der Waals surface area (Å²) in [6, 6.07) is 11.7. The van der Waals surface area contributed by atoms with E-state index in [1.807, 2.05) is 36.4 Å². The first-order valence-electron chi connectivity index (χ1n) is 8.31. The predicted octanol–water partition coefficient (Wildman–Crippen LogP) is 4.80. The second-order valence-electron chi connectivity index (χ2n) is 6.07. The fourth-order valence-corrected chi connectivity index (χ4v) is 3.64. The third-order valence-corrected chi connectivity index (χ3v) is 5.02. The van der Waals surface area contributed by atoms with Crippen molar-refractivity contribution in [1.82, 2.24) is 9.47 Å². The van der Waals surface area contributed by atoms with Gasteiger partial charge in [-0.1, -0.05) is 37.0 Å². The quantitative estimate of drug-likeness (QED) is 0.679. The Hall–Kier alpha value is -1.26. The molecule has 0 aliphatic carbocycles. The minimum absolute atomic E-state index is 0.435. The first kappa shape index (κ1) is 17.6. The number of rotatable bonds is 6. The van der Waals surface area contributed by atoms with Crippen LogP contribution in [0.15, 0.2) is 36.4 Å². The topological polar surface area (TPSA) is 28.4 Å². The molecule has 1 N–H and O–H groups in total. The van der Waals surface area contributed by atoms with Gasteiger partial charge in [-0.2, -0.15) is 0 Å². The molecule has 0 fully saturated rings. The van der Waals surface area contributed by atoms with Crippen molar-refractivity contribution in [2.24, 2.45) is 0 Å². The Labute approximate surface area is 152 Å². The van der Waals surface area contributed by atoms with Crippen LogP contribution in [-0.2, 0) is 6.54 Å². The van der Waals surface area contributed by atoms with E-state index < -0.39 is 6.10 Å². The molecule has 0 unspecified atom stereocenters. The highest BCUT2D eigenvalue weighted by atomic mass is 35.5. The smallest absolute Gasteiger partial charge is 0.0845 e. The number of aromatic nitrogens is 1. The predicted molar refractivity (Wildman–Crippen MR) is 103 cm³/mol. The molecule has 1 atom stereocenters. The van der Waals surface area contributed by atoms with Crippen LogP contribution in [0.25, 0.3) is 21.8 Å². The van der Waals surface area contributed by atoms with E-state index in [4.69, 9.17) is 23.2 Å². The average molecular weight is 365 g/mol. The van der Waals surface area contributed by atoms with Crippen molar-refractivity contribution in [3.8, 4) is 0 Å². The summed E-state index contributed by atoms with van der Waals surface area (Å²) < 4.78 is 2.16. The molecule has 128 valence electrons.